The second-order valence-electron chi connectivity index (χ2n) is 10.9. The van der Waals surface area contributed by atoms with Crippen molar-refractivity contribution in [1.82, 2.24) is 9.62 Å². The fraction of sp³-hybridized carbons (Fsp3) is 0.519. The third-order valence-electron chi connectivity index (χ3n) is 7.50. The molecule has 1 amide bonds. The maximum absolute atomic E-state index is 14.8. The summed E-state index contributed by atoms with van der Waals surface area (Å²) in [5.74, 6) is -1.45. The van der Waals surface area contributed by atoms with Gasteiger partial charge in [0.1, 0.15) is 11.6 Å². The average Bonchev–Trinajstić information content (AvgIpc) is 3.66. The molecule has 6 nitrogen and oxygen atoms in total. The maximum Gasteiger partial charge on any atom is 0.416 e. The number of carbonyl (C=O) groups is 1. The van der Waals surface area contributed by atoms with E-state index < -0.39 is 33.5 Å². The van der Waals surface area contributed by atoms with Gasteiger partial charge in [0.05, 0.1) is 24.0 Å². The van der Waals surface area contributed by atoms with Gasteiger partial charge in [-0.2, -0.15) is 13.2 Å². The summed E-state index contributed by atoms with van der Waals surface area (Å²) in [5, 5.41) is 0.0421. The number of rotatable bonds is 8. The number of hydrogen-bond donors (Lipinski definition) is 1. The Morgan fingerprint density at radius 2 is 1.82 bits per heavy atom. The molecule has 1 saturated carbocycles. The summed E-state index contributed by atoms with van der Waals surface area (Å²) in [7, 11) is -3.85. The molecule has 1 heterocycles. The van der Waals surface area contributed by atoms with Crippen LogP contribution in [0.3, 0.4) is 0 Å². The Kier molecular flexibility index (Phi) is 8.27. The van der Waals surface area contributed by atoms with E-state index in [4.69, 9.17) is 16.3 Å². The zero-order valence-electron chi connectivity index (χ0n) is 21.9. The first kappa shape index (κ1) is 29.6. The molecule has 1 unspecified atom stereocenters. The van der Waals surface area contributed by atoms with Crippen molar-refractivity contribution in [3.05, 3.63) is 63.4 Å². The van der Waals surface area contributed by atoms with Crippen LogP contribution in [-0.2, 0) is 16.2 Å². The Morgan fingerprint density at radius 1 is 1.18 bits per heavy atom. The number of piperidine rings is 1. The Bertz CT molecular complexity index is 1350. The fourth-order valence-electron chi connectivity index (χ4n) is 4.88. The molecule has 1 atom stereocenters. The Labute approximate surface area is 230 Å². The highest BCUT2D eigenvalue weighted by Crippen LogP contribution is 2.46. The van der Waals surface area contributed by atoms with Gasteiger partial charge in [-0.25, -0.2) is 17.5 Å². The number of nitrogens with one attached hydrogen (secondary N) is 1. The van der Waals surface area contributed by atoms with Gasteiger partial charge in [0.25, 0.3) is 5.91 Å². The van der Waals surface area contributed by atoms with Gasteiger partial charge in [0.2, 0.25) is 10.0 Å². The summed E-state index contributed by atoms with van der Waals surface area (Å²) >= 11 is 5.98. The Balaban J connectivity index is 1.42. The van der Waals surface area contributed by atoms with Crippen molar-refractivity contribution in [3.8, 4) is 5.75 Å². The number of halogens is 5. The molecule has 2 aliphatic rings. The number of nitrogens with zero attached hydrogens (tertiary/aromatic N) is 1. The van der Waals surface area contributed by atoms with Crippen LogP contribution in [0.25, 0.3) is 0 Å². The van der Waals surface area contributed by atoms with E-state index in [0.29, 0.717) is 49.4 Å². The van der Waals surface area contributed by atoms with Crippen LogP contribution in [0.15, 0.2) is 30.3 Å². The second-order valence-corrected chi connectivity index (χ2v) is 13.1. The van der Waals surface area contributed by atoms with E-state index >= 15 is 0 Å². The minimum Gasteiger partial charge on any atom is -0.493 e. The lowest BCUT2D eigenvalue weighted by atomic mass is 9.80. The lowest BCUT2D eigenvalue weighted by molar-refractivity contribution is -0.137. The molecule has 4 rings (SSSR count). The molecule has 0 aromatic heterocycles. The van der Waals surface area contributed by atoms with Crippen LogP contribution in [0.1, 0.15) is 78.5 Å². The molecule has 0 bridgehead atoms. The van der Waals surface area contributed by atoms with Crippen molar-refractivity contribution >= 4 is 27.5 Å². The van der Waals surface area contributed by atoms with Gasteiger partial charge in [-0.05, 0) is 87.0 Å². The van der Waals surface area contributed by atoms with Crippen LogP contribution in [0.2, 0.25) is 5.02 Å². The van der Waals surface area contributed by atoms with E-state index in [-0.39, 0.29) is 28.0 Å². The van der Waals surface area contributed by atoms with Crippen LogP contribution < -0.4 is 9.46 Å². The van der Waals surface area contributed by atoms with Crippen molar-refractivity contribution in [3.63, 3.8) is 0 Å². The van der Waals surface area contributed by atoms with Gasteiger partial charge in [0, 0.05) is 22.5 Å². The Morgan fingerprint density at radius 3 is 2.38 bits per heavy atom. The molecule has 2 aromatic rings. The van der Waals surface area contributed by atoms with Gasteiger partial charge in [-0.3, -0.25) is 9.69 Å². The van der Waals surface area contributed by atoms with E-state index in [1.54, 1.807) is 10.8 Å². The first-order valence-electron chi connectivity index (χ1n) is 12.6. The average molecular weight is 591 g/mol. The van der Waals surface area contributed by atoms with Gasteiger partial charge in [0.15, 0.2) is 0 Å². The first-order valence-corrected chi connectivity index (χ1v) is 14.9. The summed E-state index contributed by atoms with van der Waals surface area (Å²) in [6.45, 7) is 5.46. The number of hydrogen-bond acceptors (Lipinski definition) is 5. The highest BCUT2D eigenvalue weighted by Gasteiger charge is 2.36. The highest BCUT2D eigenvalue weighted by molar-refractivity contribution is 7.89. The quantitative estimate of drug-likeness (QED) is 0.365. The molecule has 39 heavy (non-hydrogen) atoms. The van der Waals surface area contributed by atoms with Crippen LogP contribution in [-0.4, -0.2) is 45.2 Å². The number of ether oxygens (including phenoxy) is 1. The third kappa shape index (κ3) is 7.43. The molecule has 1 N–H and O–H groups in total. The van der Waals surface area contributed by atoms with E-state index in [9.17, 15) is 30.8 Å². The minimum atomic E-state index is -4.48. The van der Waals surface area contributed by atoms with Crippen molar-refractivity contribution in [2.45, 2.75) is 57.7 Å². The van der Waals surface area contributed by atoms with E-state index in [1.807, 2.05) is 6.92 Å². The summed E-state index contributed by atoms with van der Waals surface area (Å²) in [6.07, 6.45) is -0.521. The summed E-state index contributed by atoms with van der Waals surface area (Å²) < 4.78 is 85.3. The SMILES string of the molecule is CC(c1cc(Cl)cc(C(F)(F)F)c1)N1CCC(C)(COc2cc(F)c(C(=O)NS(C)(=O)=O)cc2C2CC2)CC1. The Hall–Kier alpha value is -2.37. The van der Waals surface area contributed by atoms with Crippen LogP contribution >= 0.6 is 11.6 Å². The second kappa shape index (κ2) is 10.9. The number of sulfonamides is 1. The third-order valence-corrected chi connectivity index (χ3v) is 8.27. The molecule has 1 aliphatic heterocycles. The fourth-order valence-corrected chi connectivity index (χ4v) is 5.57. The van der Waals surface area contributed by atoms with Crippen molar-refractivity contribution in [2.24, 2.45) is 5.41 Å². The highest BCUT2D eigenvalue weighted by atomic mass is 35.5. The monoisotopic (exact) mass is 590 g/mol. The number of carbonyl (C=O) groups excluding carboxylic acids is 1. The zero-order valence-corrected chi connectivity index (χ0v) is 23.4. The van der Waals surface area contributed by atoms with Crippen LogP contribution in [0.5, 0.6) is 5.75 Å². The predicted molar refractivity (Wildman–Crippen MR) is 140 cm³/mol. The van der Waals surface area contributed by atoms with Crippen LogP contribution in [0, 0.1) is 11.2 Å². The van der Waals surface area contributed by atoms with Gasteiger partial charge in [-0.1, -0.05) is 18.5 Å². The topological polar surface area (TPSA) is 75.7 Å². The number of likely N-dealkylation sites (tertiary alicyclic amines) is 1. The van der Waals surface area contributed by atoms with E-state index in [1.165, 1.54) is 6.07 Å². The maximum atomic E-state index is 14.8. The number of amides is 1. The molecule has 2 fully saturated rings. The molecule has 0 spiro atoms. The normalized spacial score (nSPS) is 19.0. The van der Waals surface area contributed by atoms with Crippen molar-refractivity contribution < 1.29 is 35.5 Å². The summed E-state index contributed by atoms with van der Waals surface area (Å²) in [5.41, 5.74) is -0.209. The van der Waals surface area contributed by atoms with Crippen molar-refractivity contribution in [2.75, 3.05) is 26.0 Å². The molecule has 0 radical (unpaired) electrons. The lowest BCUT2D eigenvalue weighted by Crippen LogP contribution is -2.42. The lowest BCUT2D eigenvalue weighted by Gasteiger charge is -2.42. The molecule has 214 valence electrons. The summed E-state index contributed by atoms with van der Waals surface area (Å²) in [4.78, 5) is 14.4. The van der Waals surface area contributed by atoms with Gasteiger partial charge < -0.3 is 4.74 Å². The van der Waals surface area contributed by atoms with Gasteiger partial charge >= 0.3 is 6.18 Å². The predicted octanol–water partition coefficient (Wildman–Crippen LogP) is 6.31. The first-order chi connectivity index (χ1) is 18.0. The van der Waals surface area contributed by atoms with Crippen LogP contribution in [0.4, 0.5) is 17.6 Å². The molecule has 12 heteroatoms. The van der Waals surface area contributed by atoms with Crippen molar-refractivity contribution in [1.29, 1.82) is 0 Å². The summed E-state index contributed by atoms with van der Waals surface area (Å²) in [6, 6.07) is 5.87. The molecule has 2 aromatic carbocycles. The molecule has 1 saturated heterocycles. The minimum absolute atomic E-state index is 0.0421. The van der Waals surface area contributed by atoms with E-state index in [2.05, 4.69) is 11.8 Å². The number of alkyl halides is 3. The standard InChI is InChI=1S/C27H31ClF4N2O4S/c1-16(18-10-19(27(30,31)32)12-20(28)11-18)34-8-6-26(2,7-9-34)15-38-24-14-23(29)22(13-21(24)17-4-5-17)25(35)33-39(3,36)37/h10-14,16-17H,4-9,15H2,1-3H3,(H,33,35). The molecule has 1 aliphatic carbocycles. The largest absolute Gasteiger partial charge is 0.493 e. The molecular formula is C27H31ClF4N2O4S. The smallest absolute Gasteiger partial charge is 0.416 e. The molecular weight excluding hydrogens is 560 g/mol. The zero-order chi connectivity index (χ0) is 28.8. The number of benzene rings is 2. The van der Waals surface area contributed by atoms with E-state index in [0.717, 1.165) is 37.3 Å². The van der Waals surface area contributed by atoms with Gasteiger partial charge in [-0.15, -0.1) is 0 Å².